The molecule has 7 nitrogen and oxygen atoms in total. The lowest BCUT2D eigenvalue weighted by Crippen LogP contribution is -2.12. The molecule has 0 fully saturated rings. The van der Waals surface area contributed by atoms with E-state index in [4.69, 9.17) is 18.9 Å². The number of hydrogen-bond donors (Lipinski definition) is 0. The van der Waals surface area contributed by atoms with E-state index in [1.54, 1.807) is 50.6 Å². The van der Waals surface area contributed by atoms with Crippen molar-refractivity contribution in [1.29, 1.82) is 0 Å². The van der Waals surface area contributed by atoms with Crippen LogP contribution in [0.25, 0.3) is 6.08 Å². The second-order valence-electron chi connectivity index (χ2n) is 12.6. The van der Waals surface area contributed by atoms with E-state index in [0.717, 1.165) is 38.5 Å². The highest BCUT2D eigenvalue weighted by atomic mass is 16.5. The Morgan fingerprint density at radius 2 is 1.02 bits per heavy atom. The minimum atomic E-state index is -0.411. The van der Waals surface area contributed by atoms with Crippen molar-refractivity contribution in [1.82, 2.24) is 0 Å². The molecule has 0 saturated heterocycles. The molecule has 0 aromatic heterocycles. The molecule has 0 amide bonds. The number of carbonyl (C=O) groups excluding carboxylic acids is 3. The fourth-order valence-electron chi connectivity index (χ4n) is 5.58. The molecule has 0 aliphatic rings. The summed E-state index contributed by atoms with van der Waals surface area (Å²) in [5, 5.41) is 0. The monoisotopic (exact) mass is 664 g/mol. The summed E-state index contributed by atoms with van der Waals surface area (Å²) in [6.45, 7) is 4.44. The van der Waals surface area contributed by atoms with Crippen molar-refractivity contribution in [3.8, 4) is 23.0 Å². The number of benzene rings is 2. The number of ether oxygens (including phenoxy) is 4. The molecule has 0 spiro atoms. The van der Waals surface area contributed by atoms with E-state index >= 15 is 0 Å². The third-order valence-corrected chi connectivity index (χ3v) is 8.50. The van der Waals surface area contributed by atoms with Gasteiger partial charge in [-0.25, -0.2) is 0 Å². The van der Waals surface area contributed by atoms with Crippen LogP contribution in [0.15, 0.2) is 42.5 Å². The Kier molecular flexibility index (Phi) is 21.5. The van der Waals surface area contributed by atoms with Gasteiger partial charge in [0.25, 0.3) is 0 Å². The zero-order chi connectivity index (χ0) is 34.8. The number of ketones is 1. The van der Waals surface area contributed by atoms with Crippen LogP contribution < -0.4 is 18.9 Å². The van der Waals surface area contributed by atoms with E-state index in [-0.39, 0.29) is 35.2 Å². The van der Waals surface area contributed by atoms with Gasteiger partial charge in [-0.2, -0.15) is 0 Å². The second-order valence-corrected chi connectivity index (χ2v) is 12.6. The molecule has 0 radical (unpaired) electrons. The first-order chi connectivity index (χ1) is 23.4. The van der Waals surface area contributed by atoms with Gasteiger partial charge in [-0.3, -0.25) is 14.4 Å². The number of hydrogen-bond acceptors (Lipinski definition) is 7. The lowest BCUT2D eigenvalue weighted by molar-refractivity contribution is -0.135. The van der Waals surface area contributed by atoms with Crippen LogP contribution in [0.5, 0.6) is 23.0 Å². The maximum Gasteiger partial charge on any atom is 0.311 e. The van der Waals surface area contributed by atoms with Gasteiger partial charge in [0.1, 0.15) is 23.0 Å². The first-order valence-corrected chi connectivity index (χ1v) is 18.4. The van der Waals surface area contributed by atoms with E-state index in [1.807, 2.05) is 0 Å². The second kappa shape index (κ2) is 25.4. The highest BCUT2D eigenvalue weighted by Gasteiger charge is 2.17. The molecule has 0 aliphatic carbocycles. The minimum Gasteiger partial charge on any atom is -0.497 e. The van der Waals surface area contributed by atoms with Crippen LogP contribution in [0.4, 0.5) is 0 Å². The van der Waals surface area contributed by atoms with Gasteiger partial charge in [0, 0.05) is 30.5 Å². The van der Waals surface area contributed by atoms with E-state index in [9.17, 15) is 14.4 Å². The minimum absolute atomic E-state index is 0.0839. The fraction of sp³-hybridized carbons (Fsp3) is 0.585. The van der Waals surface area contributed by atoms with Crippen molar-refractivity contribution in [2.24, 2.45) is 0 Å². The standard InChI is InChI=1S/C41H60O7/c1-5-7-9-11-13-15-17-19-21-23-40(43)47-35-28-29-36(37(42)30-26-33-25-27-34(45-3)31-38(33)46-4)39(32-35)48-41(44)24-22-20-18-16-14-12-10-8-6-2/h25-32H,5-24H2,1-4H3. The maximum atomic E-state index is 13.4. The molecule has 0 saturated carbocycles. The molecule has 2 aromatic carbocycles. The molecule has 0 aliphatic heterocycles. The van der Waals surface area contributed by atoms with E-state index < -0.39 is 5.97 Å². The average molecular weight is 665 g/mol. The van der Waals surface area contributed by atoms with Crippen molar-refractivity contribution in [2.75, 3.05) is 14.2 Å². The quantitative estimate of drug-likeness (QED) is 0.0309. The van der Waals surface area contributed by atoms with Crippen molar-refractivity contribution < 1.29 is 33.3 Å². The van der Waals surface area contributed by atoms with E-state index in [0.29, 0.717) is 23.5 Å². The van der Waals surface area contributed by atoms with Gasteiger partial charge in [0.15, 0.2) is 5.78 Å². The van der Waals surface area contributed by atoms with Gasteiger partial charge in [0.05, 0.1) is 19.8 Å². The van der Waals surface area contributed by atoms with Crippen LogP contribution in [-0.4, -0.2) is 31.9 Å². The highest BCUT2D eigenvalue weighted by molar-refractivity contribution is 6.09. The summed E-state index contributed by atoms with van der Waals surface area (Å²) in [5.74, 6) is 0.423. The van der Waals surface area contributed by atoms with Crippen LogP contribution in [0.2, 0.25) is 0 Å². The molecule has 266 valence electrons. The molecule has 48 heavy (non-hydrogen) atoms. The summed E-state index contributed by atoms with van der Waals surface area (Å²) in [4.78, 5) is 38.8. The SMILES string of the molecule is CCCCCCCCCCCC(=O)Oc1ccc(C(=O)C=Cc2ccc(OC)cc2OC)c(OC(=O)CCCCCCCCCCC)c1. The van der Waals surface area contributed by atoms with Crippen molar-refractivity contribution in [2.45, 2.75) is 142 Å². The van der Waals surface area contributed by atoms with Gasteiger partial charge in [-0.1, -0.05) is 117 Å². The van der Waals surface area contributed by atoms with Crippen LogP contribution in [0, 0.1) is 0 Å². The normalized spacial score (nSPS) is 11.1. The van der Waals surface area contributed by atoms with Crippen molar-refractivity contribution in [3.05, 3.63) is 53.6 Å². The van der Waals surface area contributed by atoms with Crippen molar-refractivity contribution >= 4 is 23.8 Å². The summed E-state index contributed by atoms with van der Waals surface area (Å²) in [6, 6.07) is 9.90. The Morgan fingerprint density at radius 1 is 0.542 bits per heavy atom. The molecule has 0 N–H and O–H groups in total. The summed E-state index contributed by atoms with van der Waals surface area (Å²) >= 11 is 0. The molecule has 2 rings (SSSR count). The summed E-state index contributed by atoms with van der Waals surface area (Å²) in [5.41, 5.74) is 0.899. The van der Waals surface area contributed by atoms with Crippen LogP contribution in [0.3, 0.4) is 0 Å². The maximum absolute atomic E-state index is 13.4. The Labute approximate surface area is 289 Å². The Bertz CT molecular complexity index is 1250. The summed E-state index contributed by atoms with van der Waals surface area (Å²) in [6.07, 6.45) is 24.4. The fourth-order valence-corrected chi connectivity index (χ4v) is 5.58. The number of esters is 2. The highest BCUT2D eigenvalue weighted by Crippen LogP contribution is 2.29. The van der Waals surface area contributed by atoms with Gasteiger partial charge in [-0.15, -0.1) is 0 Å². The van der Waals surface area contributed by atoms with Crippen LogP contribution >= 0.6 is 0 Å². The van der Waals surface area contributed by atoms with Crippen molar-refractivity contribution in [3.63, 3.8) is 0 Å². The van der Waals surface area contributed by atoms with Crippen LogP contribution in [0.1, 0.15) is 158 Å². The van der Waals surface area contributed by atoms with Gasteiger partial charge >= 0.3 is 11.9 Å². The number of methoxy groups -OCH3 is 2. The molecule has 0 unspecified atom stereocenters. The Hall–Kier alpha value is -3.61. The predicted molar refractivity (Wildman–Crippen MR) is 194 cm³/mol. The molecule has 0 heterocycles. The average Bonchev–Trinajstić information content (AvgIpc) is 3.09. The lowest BCUT2D eigenvalue weighted by Gasteiger charge is -2.11. The molecular formula is C41H60O7. The number of allylic oxidation sites excluding steroid dienone is 1. The van der Waals surface area contributed by atoms with E-state index in [2.05, 4.69) is 13.8 Å². The number of rotatable bonds is 27. The molecule has 7 heteroatoms. The summed E-state index contributed by atoms with van der Waals surface area (Å²) < 4.78 is 22.0. The Balaban J connectivity index is 2.01. The van der Waals surface area contributed by atoms with Gasteiger partial charge in [-0.05, 0) is 49.3 Å². The lowest BCUT2D eigenvalue weighted by atomic mass is 10.1. The zero-order valence-corrected chi connectivity index (χ0v) is 30.1. The largest absolute Gasteiger partial charge is 0.497 e. The first-order valence-electron chi connectivity index (χ1n) is 18.4. The molecule has 0 bridgehead atoms. The smallest absolute Gasteiger partial charge is 0.311 e. The molecule has 2 aromatic rings. The molecule has 0 atom stereocenters. The van der Waals surface area contributed by atoms with Crippen LogP contribution in [-0.2, 0) is 9.59 Å². The number of carbonyl (C=O) groups is 3. The third kappa shape index (κ3) is 17.0. The topological polar surface area (TPSA) is 88.1 Å². The van der Waals surface area contributed by atoms with Gasteiger partial charge < -0.3 is 18.9 Å². The Morgan fingerprint density at radius 3 is 1.54 bits per heavy atom. The first kappa shape index (κ1) is 40.6. The zero-order valence-electron chi connectivity index (χ0n) is 30.1. The number of unbranched alkanes of at least 4 members (excludes halogenated alkanes) is 16. The van der Waals surface area contributed by atoms with E-state index in [1.165, 1.54) is 89.2 Å². The summed E-state index contributed by atoms with van der Waals surface area (Å²) in [7, 11) is 3.12. The third-order valence-electron chi connectivity index (χ3n) is 8.50. The predicted octanol–water partition coefficient (Wildman–Crippen LogP) is 11.3. The molecular weight excluding hydrogens is 604 g/mol. The van der Waals surface area contributed by atoms with Gasteiger partial charge in [0.2, 0.25) is 0 Å².